The predicted molar refractivity (Wildman–Crippen MR) is 153 cm³/mol. The summed E-state index contributed by atoms with van der Waals surface area (Å²) < 4.78 is 0.648. The Morgan fingerprint density at radius 2 is 1.62 bits per heavy atom. The number of halogens is 2. The summed E-state index contributed by atoms with van der Waals surface area (Å²) in [5.74, 6) is 0. The van der Waals surface area contributed by atoms with Gasteiger partial charge in [-0.05, 0) is 23.9 Å². The van der Waals surface area contributed by atoms with Crippen molar-refractivity contribution in [2.45, 2.75) is 75.1 Å². The van der Waals surface area contributed by atoms with Gasteiger partial charge in [-0.25, -0.2) is 0 Å². The molecule has 0 saturated carbocycles. The van der Waals surface area contributed by atoms with Crippen LogP contribution in [0.4, 0.5) is 0 Å². The van der Waals surface area contributed by atoms with E-state index in [4.69, 9.17) is 0 Å². The van der Waals surface area contributed by atoms with Crippen LogP contribution in [0.25, 0.3) is 22.4 Å². The Morgan fingerprint density at radius 3 is 2.27 bits per heavy atom. The van der Waals surface area contributed by atoms with Crippen LogP contribution in [0.2, 0.25) is 13.1 Å². The van der Waals surface area contributed by atoms with Gasteiger partial charge in [0.2, 0.25) is 0 Å². The van der Waals surface area contributed by atoms with E-state index in [2.05, 4.69) is 93.9 Å². The molecule has 2 aliphatic heterocycles. The normalized spacial score (nSPS) is 19.5. The van der Waals surface area contributed by atoms with Gasteiger partial charge in [0.15, 0.2) is 0 Å². The van der Waals surface area contributed by atoms with E-state index in [1.807, 2.05) is 11.3 Å². The molecule has 0 amide bonds. The molecule has 2 aliphatic carbocycles. The Morgan fingerprint density at radius 1 is 0.892 bits per heavy atom. The van der Waals surface area contributed by atoms with Crippen molar-refractivity contribution >= 4 is 30.7 Å². The van der Waals surface area contributed by atoms with E-state index in [-0.39, 0.29) is 24.8 Å². The van der Waals surface area contributed by atoms with Crippen molar-refractivity contribution in [1.82, 2.24) is 0 Å². The summed E-state index contributed by atoms with van der Waals surface area (Å²) in [7, 11) is -0.972. The van der Waals surface area contributed by atoms with Gasteiger partial charge in [-0.15, -0.1) is 11.3 Å². The summed E-state index contributed by atoms with van der Waals surface area (Å²) in [4.78, 5) is 1.68. The maximum Gasteiger partial charge on any atom is -1.00 e. The number of allylic oxidation sites excluding steroid dienone is 2. The van der Waals surface area contributed by atoms with E-state index >= 15 is 0 Å². The van der Waals surface area contributed by atoms with Crippen molar-refractivity contribution in [1.29, 1.82) is 0 Å². The van der Waals surface area contributed by atoms with E-state index < -0.39 is 8.07 Å². The van der Waals surface area contributed by atoms with Crippen LogP contribution >= 0.6 is 11.3 Å². The molecule has 2 atom stereocenters. The minimum Gasteiger partial charge on any atom is -1.00 e. The van der Waals surface area contributed by atoms with Crippen LogP contribution in [-0.4, -0.2) is 8.07 Å². The predicted octanol–water partition coefficient (Wildman–Crippen LogP) is 3.91. The quantitative estimate of drug-likeness (QED) is 0.283. The van der Waals surface area contributed by atoms with Gasteiger partial charge >= 0.3 is 143 Å². The zero-order valence-electron chi connectivity index (χ0n) is 22.6. The summed E-state index contributed by atoms with van der Waals surface area (Å²) in [5, 5.41) is 4.01. The molecule has 5 heteroatoms. The van der Waals surface area contributed by atoms with Crippen LogP contribution in [0.3, 0.4) is 0 Å². The molecule has 0 saturated heterocycles. The third-order valence-electron chi connectivity index (χ3n) is 8.28. The Bertz CT molecular complexity index is 1300. The molecule has 0 fully saturated rings. The van der Waals surface area contributed by atoms with Gasteiger partial charge in [-0.1, -0.05) is 37.2 Å². The molecule has 7 rings (SSSR count). The second-order valence-electron chi connectivity index (χ2n) is 11.0. The second-order valence-corrected chi connectivity index (χ2v) is 17.9. The smallest absolute Gasteiger partial charge is 1.00 e. The van der Waals surface area contributed by atoms with Crippen LogP contribution in [0, 0.1) is 0 Å². The number of fused-ring (bicyclic) bond motifs is 1. The SMILES string of the molecule is CC1=C2c3ccsc3C1[Si]2(C)C.CCCCCCc1ccc(-c2cccc3c2C=C(C)[CH]3[Zr+2])cc1.[Cl-].[Cl-]. The first-order valence-electron chi connectivity index (χ1n) is 13.2. The van der Waals surface area contributed by atoms with E-state index in [1.165, 1.54) is 65.5 Å². The molecule has 0 nitrogen and oxygen atoms in total. The summed E-state index contributed by atoms with van der Waals surface area (Å²) in [6.45, 7) is 11.9. The zero-order chi connectivity index (χ0) is 24.7. The maximum atomic E-state index is 2.51. The van der Waals surface area contributed by atoms with Gasteiger partial charge in [0.25, 0.3) is 0 Å². The van der Waals surface area contributed by atoms with Crippen LogP contribution in [0.5, 0.6) is 0 Å². The van der Waals surface area contributed by atoms with E-state index in [0.29, 0.717) is 3.63 Å². The Hall–Kier alpha value is -0.700. The molecular weight excluding hydrogens is 607 g/mol. The topological polar surface area (TPSA) is 0 Å². The fourth-order valence-corrected chi connectivity index (χ4v) is 13.6. The van der Waals surface area contributed by atoms with E-state index in [1.54, 1.807) is 45.9 Å². The standard InChI is InChI=1S/C22H25.C10H12SSi.2ClH.Zr/c1-3-4-5-6-8-18-11-13-19(14-12-18)21-10-7-9-20-15-17(2)16-22(20)21;1-6-9-7-4-5-11-8(7)10(6)12(9,2)3;;;/h7,9-16H,3-6,8H2,1-2H3;4-5,10H,1-3H3;2*1H;/q;;;;+2/p-2. The first-order valence-corrected chi connectivity index (χ1v) is 18.6. The molecule has 3 aromatic rings. The average molecular weight is 644 g/mol. The Balaban J connectivity index is 0.000000229. The molecule has 2 aromatic carbocycles. The zero-order valence-corrected chi connectivity index (χ0v) is 28.4. The third-order valence-corrected chi connectivity index (χ3v) is 15.5. The minimum atomic E-state index is -0.972. The molecule has 3 heterocycles. The maximum absolute atomic E-state index is 2.51. The Kier molecular flexibility index (Phi) is 10.5. The molecule has 193 valence electrons. The van der Waals surface area contributed by atoms with Gasteiger partial charge in [-0.2, -0.15) is 0 Å². The van der Waals surface area contributed by atoms with Crippen molar-refractivity contribution in [3.05, 3.63) is 92.2 Å². The van der Waals surface area contributed by atoms with Crippen molar-refractivity contribution in [2.75, 3.05) is 0 Å². The molecule has 4 aliphatic rings. The van der Waals surface area contributed by atoms with Crippen LogP contribution in [0.15, 0.2) is 65.1 Å². The van der Waals surface area contributed by atoms with Crippen LogP contribution in [-0.2, 0) is 31.1 Å². The third kappa shape index (κ3) is 5.64. The summed E-state index contributed by atoms with van der Waals surface area (Å²) >= 11 is 3.55. The number of hydrogen-bond acceptors (Lipinski definition) is 1. The fourth-order valence-electron chi connectivity index (χ4n) is 6.51. The molecule has 37 heavy (non-hydrogen) atoms. The van der Waals surface area contributed by atoms with Gasteiger partial charge in [0.05, 0.1) is 8.07 Å². The van der Waals surface area contributed by atoms with Crippen LogP contribution in [0.1, 0.15) is 82.8 Å². The number of benzene rings is 2. The van der Waals surface area contributed by atoms with E-state index in [0.717, 1.165) is 5.54 Å². The Labute approximate surface area is 256 Å². The first kappa shape index (κ1) is 30.8. The van der Waals surface area contributed by atoms with Gasteiger partial charge < -0.3 is 24.8 Å². The average Bonchev–Trinajstić information content (AvgIpc) is 3.54. The molecule has 0 spiro atoms. The number of thiophene rings is 1. The molecule has 2 unspecified atom stereocenters. The number of hydrogen-bond donors (Lipinski definition) is 0. The van der Waals surface area contributed by atoms with Crippen molar-refractivity contribution < 1.29 is 49.5 Å². The second kappa shape index (κ2) is 12.6. The summed E-state index contributed by atoms with van der Waals surface area (Å²) in [6.07, 6.45) is 8.95. The molecular formula is C32H37Cl2SSiZr. The summed E-state index contributed by atoms with van der Waals surface area (Å²) in [6, 6.07) is 18.4. The molecule has 0 N–H and O–H groups in total. The van der Waals surface area contributed by atoms with Crippen molar-refractivity contribution in [2.24, 2.45) is 0 Å². The van der Waals surface area contributed by atoms with Gasteiger partial charge in [0, 0.05) is 10.4 Å². The van der Waals surface area contributed by atoms with Gasteiger partial charge in [0.1, 0.15) is 0 Å². The minimum absolute atomic E-state index is 0. The fraction of sp³-hybridized carbons (Fsp3) is 0.375. The van der Waals surface area contributed by atoms with E-state index in [9.17, 15) is 0 Å². The van der Waals surface area contributed by atoms with Crippen LogP contribution < -0.4 is 24.8 Å². The number of aryl methyl sites for hydroxylation is 1. The van der Waals surface area contributed by atoms with Gasteiger partial charge in [-0.3, -0.25) is 0 Å². The monoisotopic (exact) mass is 641 g/mol. The molecule has 2 bridgehead atoms. The molecule has 0 radical (unpaired) electrons. The first-order chi connectivity index (χ1) is 16.8. The summed E-state index contributed by atoms with van der Waals surface area (Å²) in [5.41, 5.74) is 12.9. The largest absolute Gasteiger partial charge is 1.00 e. The number of unbranched alkanes of at least 4 members (excludes halogenated alkanes) is 3. The van der Waals surface area contributed by atoms with Crippen molar-refractivity contribution in [3.8, 4) is 11.1 Å². The molecule has 1 aromatic heterocycles. The number of rotatable bonds is 6. The van der Waals surface area contributed by atoms with Crippen molar-refractivity contribution in [3.63, 3.8) is 0 Å².